The fraction of sp³-hybridized carbons (Fsp3) is 0.231. The molecule has 0 aromatic heterocycles. The molecule has 0 fully saturated rings. The zero-order valence-electron chi connectivity index (χ0n) is 39.5. The molecule has 10 rings (SSSR count). The van der Waals surface area contributed by atoms with Gasteiger partial charge in [0.2, 0.25) is 0 Å². The molecule has 0 spiro atoms. The molecule has 334 valence electrons. The van der Waals surface area contributed by atoms with Crippen molar-refractivity contribution in [2.24, 2.45) is 0 Å². The first-order chi connectivity index (χ1) is 33.1. The number of benzene rings is 9. The van der Waals surface area contributed by atoms with E-state index in [1.54, 1.807) is 0 Å². The zero-order valence-corrected chi connectivity index (χ0v) is 39.5. The number of rotatable bonds is 19. The number of anilines is 5. The van der Waals surface area contributed by atoms with E-state index in [0.717, 1.165) is 41.3 Å². The van der Waals surface area contributed by atoms with E-state index in [0.29, 0.717) is 0 Å². The van der Waals surface area contributed by atoms with Crippen LogP contribution in [0.4, 0.5) is 28.4 Å². The largest absolute Gasteiger partial charge is 0.356 e. The van der Waals surface area contributed by atoms with Crippen LogP contribution in [-0.4, -0.2) is 0 Å². The van der Waals surface area contributed by atoms with Gasteiger partial charge in [-0.3, -0.25) is 0 Å². The Morgan fingerprint density at radius 2 is 0.866 bits per heavy atom. The molecule has 0 bridgehead atoms. The third-order valence-electron chi connectivity index (χ3n) is 14.4. The van der Waals surface area contributed by atoms with Gasteiger partial charge in [0.25, 0.3) is 0 Å². The molecule has 0 saturated heterocycles. The molecule has 1 aliphatic carbocycles. The number of fused-ring (bicyclic) bond motifs is 5. The van der Waals surface area contributed by atoms with E-state index in [1.807, 2.05) is 0 Å². The van der Waals surface area contributed by atoms with Gasteiger partial charge in [0.15, 0.2) is 0 Å². The first-order valence-electron chi connectivity index (χ1n) is 25.2. The van der Waals surface area contributed by atoms with Crippen molar-refractivity contribution in [1.82, 2.24) is 0 Å². The molecule has 0 radical (unpaired) electrons. The van der Waals surface area contributed by atoms with Crippen LogP contribution in [0.1, 0.15) is 102 Å². The van der Waals surface area contributed by atoms with Gasteiger partial charge in [0.05, 0.1) is 0 Å². The minimum atomic E-state index is -0.0705. The Hall–Kier alpha value is -6.90. The lowest BCUT2D eigenvalue weighted by Gasteiger charge is -2.33. The van der Waals surface area contributed by atoms with Gasteiger partial charge >= 0.3 is 0 Å². The molecule has 9 aromatic rings. The molecule has 0 unspecified atom stereocenters. The SMILES string of the molecule is CCCCCCCC1(CCCCCCC)c2cc(Nc3cccc(-c4ccccc4)c3)ccc2-c2cc3ccc(N(c4cccc(-c5ccccc5)c4)c4ccc5ccccc5c4)cc3cc21. The van der Waals surface area contributed by atoms with E-state index in [1.165, 1.54) is 130 Å². The summed E-state index contributed by atoms with van der Waals surface area (Å²) in [6.07, 6.45) is 15.1. The highest BCUT2D eigenvalue weighted by atomic mass is 15.1. The average Bonchev–Trinajstić information content (AvgIpc) is 3.63. The van der Waals surface area contributed by atoms with Gasteiger partial charge in [-0.15, -0.1) is 0 Å². The summed E-state index contributed by atoms with van der Waals surface area (Å²) in [5.41, 5.74) is 16.4. The van der Waals surface area contributed by atoms with Gasteiger partial charge in [-0.05, 0) is 152 Å². The van der Waals surface area contributed by atoms with Crippen molar-refractivity contribution in [2.75, 3.05) is 10.2 Å². The third kappa shape index (κ3) is 9.41. The van der Waals surface area contributed by atoms with Crippen LogP contribution >= 0.6 is 0 Å². The lowest BCUT2D eigenvalue weighted by Crippen LogP contribution is -2.25. The standard InChI is InChI=1S/C65H64N2/c1-3-5-7-9-19-39-65(40-20-10-8-6-4-2)63-46-55-44-60(67(59-36-33-50-27-17-18-28-52(50)43-59)58-32-22-30-53(42-58)49-25-15-12-16-26-49)37-34-54(55)45-62(63)61-38-35-57(47-64(61)65)66-56-31-21-29-51(41-56)48-23-13-11-14-24-48/h11-18,21-38,41-47,66H,3-10,19-20,39-40H2,1-2H3. The summed E-state index contributed by atoms with van der Waals surface area (Å²) < 4.78 is 0. The van der Waals surface area contributed by atoms with Crippen molar-refractivity contribution in [1.29, 1.82) is 0 Å². The van der Waals surface area contributed by atoms with Crippen LogP contribution in [0.2, 0.25) is 0 Å². The quantitative estimate of drug-likeness (QED) is 0.0815. The van der Waals surface area contributed by atoms with E-state index in [2.05, 4.69) is 224 Å². The Balaban J connectivity index is 1.09. The smallest absolute Gasteiger partial charge is 0.0468 e. The summed E-state index contributed by atoms with van der Waals surface area (Å²) in [7, 11) is 0. The van der Waals surface area contributed by atoms with Crippen LogP contribution in [-0.2, 0) is 5.41 Å². The summed E-state index contributed by atoms with van der Waals surface area (Å²) in [5.74, 6) is 0. The first-order valence-corrected chi connectivity index (χ1v) is 25.2. The molecular weight excluding hydrogens is 809 g/mol. The van der Waals surface area contributed by atoms with E-state index in [4.69, 9.17) is 0 Å². The summed E-state index contributed by atoms with van der Waals surface area (Å²) in [6.45, 7) is 4.65. The van der Waals surface area contributed by atoms with Crippen LogP contribution in [0.25, 0.3) is 54.9 Å². The van der Waals surface area contributed by atoms with E-state index < -0.39 is 0 Å². The highest BCUT2D eigenvalue weighted by molar-refractivity contribution is 5.98. The molecule has 1 N–H and O–H groups in total. The van der Waals surface area contributed by atoms with Crippen molar-refractivity contribution >= 4 is 50.0 Å². The Labute approximate surface area is 399 Å². The van der Waals surface area contributed by atoms with Gasteiger partial charge in [-0.1, -0.05) is 205 Å². The molecule has 67 heavy (non-hydrogen) atoms. The maximum atomic E-state index is 3.88. The highest BCUT2D eigenvalue weighted by Gasteiger charge is 2.42. The Morgan fingerprint density at radius 1 is 0.343 bits per heavy atom. The molecule has 2 heteroatoms. The second-order valence-corrected chi connectivity index (χ2v) is 19.0. The second kappa shape index (κ2) is 20.3. The molecular formula is C65H64N2. The maximum Gasteiger partial charge on any atom is 0.0468 e. The predicted octanol–water partition coefficient (Wildman–Crippen LogP) is 19.5. The van der Waals surface area contributed by atoms with E-state index in [-0.39, 0.29) is 5.41 Å². The molecule has 0 atom stereocenters. The van der Waals surface area contributed by atoms with Crippen LogP contribution in [0, 0.1) is 0 Å². The Morgan fingerprint density at radius 3 is 1.55 bits per heavy atom. The molecule has 0 saturated carbocycles. The fourth-order valence-corrected chi connectivity index (χ4v) is 11.0. The van der Waals surface area contributed by atoms with Crippen LogP contribution in [0.3, 0.4) is 0 Å². The summed E-state index contributed by atoms with van der Waals surface area (Å²) in [6, 6.07) is 74.5. The van der Waals surface area contributed by atoms with Gasteiger partial charge in [0.1, 0.15) is 0 Å². The summed E-state index contributed by atoms with van der Waals surface area (Å²) >= 11 is 0. The van der Waals surface area contributed by atoms with Gasteiger partial charge in [-0.2, -0.15) is 0 Å². The van der Waals surface area contributed by atoms with Crippen LogP contribution in [0.15, 0.2) is 200 Å². The predicted molar refractivity (Wildman–Crippen MR) is 290 cm³/mol. The lowest BCUT2D eigenvalue weighted by molar-refractivity contribution is 0.399. The highest BCUT2D eigenvalue weighted by Crippen LogP contribution is 2.56. The summed E-state index contributed by atoms with van der Waals surface area (Å²) in [4.78, 5) is 2.46. The van der Waals surface area contributed by atoms with Crippen molar-refractivity contribution in [2.45, 2.75) is 96.3 Å². The van der Waals surface area contributed by atoms with Crippen LogP contribution in [0.5, 0.6) is 0 Å². The van der Waals surface area contributed by atoms with Crippen molar-refractivity contribution in [3.8, 4) is 33.4 Å². The number of nitrogens with zero attached hydrogens (tertiary/aromatic N) is 1. The molecule has 0 amide bonds. The molecule has 1 aliphatic rings. The minimum absolute atomic E-state index is 0.0705. The zero-order chi connectivity index (χ0) is 45.4. The van der Waals surface area contributed by atoms with E-state index in [9.17, 15) is 0 Å². The molecule has 0 aliphatic heterocycles. The number of unbranched alkanes of at least 4 members (excludes halogenated alkanes) is 8. The monoisotopic (exact) mass is 873 g/mol. The second-order valence-electron chi connectivity index (χ2n) is 19.0. The number of hydrogen-bond acceptors (Lipinski definition) is 2. The lowest BCUT2D eigenvalue weighted by atomic mass is 9.70. The van der Waals surface area contributed by atoms with Crippen LogP contribution < -0.4 is 10.2 Å². The van der Waals surface area contributed by atoms with Crippen molar-refractivity contribution in [3.63, 3.8) is 0 Å². The van der Waals surface area contributed by atoms with Crippen molar-refractivity contribution < 1.29 is 0 Å². The first kappa shape index (κ1) is 44.0. The third-order valence-corrected chi connectivity index (χ3v) is 14.4. The molecule has 9 aromatic carbocycles. The number of nitrogens with one attached hydrogen (secondary N) is 1. The topological polar surface area (TPSA) is 15.3 Å². The normalized spacial score (nSPS) is 12.6. The fourth-order valence-electron chi connectivity index (χ4n) is 11.0. The molecule has 2 nitrogen and oxygen atoms in total. The van der Waals surface area contributed by atoms with E-state index >= 15 is 0 Å². The molecule has 0 heterocycles. The number of hydrogen-bond donors (Lipinski definition) is 1. The average molecular weight is 873 g/mol. The van der Waals surface area contributed by atoms with Gasteiger partial charge in [-0.25, -0.2) is 0 Å². The Bertz CT molecular complexity index is 3080. The minimum Gasteiger partial charge on any atom is -0.356 e. The van der Waals surface area contributed by atoms with Gasteiger partial charge in [0, 0.05) is 33.9 Å². The Kier molecular flexibility index (Phi) is 13.3. The van der Waals surface area contributed by atoms with Gasteiger partial charge < -0.3 is 10.2 Å². The maximum absolute atomic E-state index is 3.88. The van der Waals surface area contributed by atoms with Crippen molar-refractivity contribution in [3.05, 3.63) is 211 Å². The summed E-state index contributed by atoms with van der Waals surface area (Å²) in [5, 5.41) is 8.95.